The van der Waals surface area contributed by atoms with E-state index in [1.807, 2.05) is 0 Å². The van der Waals surface area contributed by atoms with Crippen molar-refractivity contribution >= 4 is 39.6 Å². The number of amides is 1. The van der Waals surface area contributed by atoms with Crippen LogP contribution in [0.1, 0.15) is 6.92 Å². The molecule has 0 saturated heterocycles. The summed E-state index contributed by atoms with van der Waals surface area (Å²) in [5.74, 6) is 0.812. The third kappa shape index (κ3) is 6.26. The molecular formula is C8H14BrNO3S. The molecule has 0 rings (SSSR count). The molecule has 0 heterocycles. The molecule has 82 valence electrons. The fourth-order valence-corrected chi connectivity index (χ4v) is 2.23. The van der Waals surface area contributed by atoms with Crippen molar-refractivity contribution in [2.24, 2.45) is 0 Å². The first-order valence-electron chi connectivity index (χ1n) is 4.10. The van der Waals surface area contributed by atoms with E-state index < -0.39 is 12.0 Å². The van der Waals surface area contributed by atoms with Gasteiger partial charge in [-0.2, -0.15) is 11.8 Å². The second-order valence-corrected chi connectivity index (χ2v) is 4.48. The van der Waals surface area contributed by atoms with Gasteiger partial charge in [-0.15, -0.1) is 0 Å². The molecule has 0 fully saturated rings. The van der Waals surface area contributed by atoms with Gasteiger partial charge in [0.1, 0.15) is 6.04 Å². The van der Waals surface area contributed by atoms with E-state index in [1.165, 1.54) is 14.0 Å². The van der Waals surface area contributed by atoms with Gasteiger partial charge in [0, 0.05) is 23.8 Å². The molecule has 0 saturated carbocycles. The predicted octanol–water partition coefficient (Wildman–Crippen LogP) is 0.792. The molecule has 0 aliphatic carbocycles. The Bertz CT molecular complexity index is 201. The summed E-state index contributed by atoms with van der Waals surface area (Å²) < 4.78 is 4.57. The molecule has 0 aliphatic heterocycles. The number of carbonyl (C=O) groups is 2. The van der Waals surface area contributed by atoms with Crippen LogP contribution in [0.3, 0.4) is 0 Å². The van der Waals surface area contributed by atoms with Gasteiger partial charge in [0.15, 0.2) is 0 Å². The summed E-state index contributed by atoms with van der Waals surface area (Å²) >= 11 is 4.86. The number of ether oxygens (including phenoxy) is 1. The molecule has 0 aromatic heterocycles. The van der Waals surface area contributed by atoms with Gasteiger partial charge in [-0.1, -0.05) is 15.9 Å². The Morgan fingerprint density at radius 1 is 1.57 bits per heavy atom. The standard InChI is InChI=1S/C8H14BrNO3S/c1-6(11)10-7(8(12)13-2)5-14-4-3-9/h7H,3-5H2,1-2H3,(H,10,11). The number of hydrogen-bond acceptors (Lipinski definition) is 4. The summed E-state index contributed by atoms with van der Waals surface area (Å²) in [5.41, 5.74) is 0. The highest BCUT2D eigenvalue weighted by Crippen LogP contribution is 2.05. The van der Waals surface area contributed by atoms with Gasteiger partial charge >= 0.3 is 5.97 Å². The molecule has 4 nitrogen and oxygen atoms in total. The highest BCUT2D eigenvalue weighted by Gasteiger charge is 2.19. The number of nitrogens with one attached hydrogen (secondary N) is 1. The van der Waals surface area contributed by atoms with Crippen LogP contribution in [0.15, 0.2) is 0 Å². The Morgan fingerprint density at radius 3 is 2.64 bits per heavy atom. The second kappa shape index (κ2) is 8.11. The van der Waals surface area contributed by atoms with Gasteiger partial charge in [0.2, 0.25) is 5.91 Å². The summed E-state index contributed by atoms with van der Waals surface area (Å²) in [4.78, 5) is 21.9. The maximum Gasteiger partial charge on any atom is 0.329 e. The van der Waals surface area contributed by atoms with Crippen molar-refractivity contribution in [2.45, 2.75) is 13.0 Å². The van der Waals surface area contributed by atoms with E-state index in [4.69, 9.17) is 0 Å². The Kier molecular flexibility index (Phi) is 7.98. The fourth-order valence-electron chi connectivity index (χ4n) is 0.812. The summed E-state index contributed by atoms with van der Waals surface area (Å²) in [6.45, 7) is 1.38. The van der Waals surface area contributed by atoms with Crippen molar-refractivity contribution < 1.29 is 14.3 Å². The molecule has 1 amide bonds. The molecule has 0 bridgehead atoms. The Hall–Kier alpha value is -0.230. The third-order valence-corrected chi connectivity index (χ3v) is 3.35. The van der Waals surface area contributed by atoms with Gasteiger partial charge in [0.05, 0.1) is 7.11 Å². The average molecular weight is 284 g/mol. The monoisotopic (exact) mass is 283 g/mol. The quantitative estimate of drug-likeness (QED) is 0.445. The summed E-state index contributed by atoms with van der Waals surface area (Å²) in [5, 5.41) is 3.41. The van der Waals surface area contributed by atoms with Crippen molar-refractivity contribution in [2.75, 3.05) is 23.9 Å². The van der Waals surface area contributed by atoms with Gasteiger partial charge < -0.3 is 10.1 Å². The van der Waals surface area contributed by atoms with Crippen molar-refractivity contribution in [1.29, 1.82) is 0 Å². The average Bonchev–Trinajstić information content (AvgIpc) is 2.15. The SMILES string of the molecule is COC(=O)C(CSCCBr)NC(C)=O. The van der Waals surface area contributed by atoms with Gasteiger partial charge in [-0.3, -0.25) is 4.79 Å². The fraction of sp³-hybridized carbons (Fsp3) is 0.750. The summed E-state index contributed by atoms with van der Waals surface area (Å²) in [6, 6.07) is -0.540. The maximum absolute atomic E-state index is 11.2. The second-order valence-electron chi connectivity index (χ2n) is 2.54. The number of thioether (sulfide) groups is 1. The molecule has 0 aliphatic rings. The molecular weight excluding hydrogens is 270 g/mol. The first-order valence-corrected chi connectivity index (χ1v) is 6.38. The van der Waals surface area contributed by atoms with Gasteiger partial charge in [0.25, 0.3) is 0 Å². The van der Waals surface area contributed by atoms with E-state index >= 15 is 0 Å². The lowest BCUT2D eigenvalue weighted by atomic mass is 10.3. The van der Waals surface area contributed by atoms with Crippen LogP contribution in [-0.2, 0) is 14.3 Å². The number of alkyl halides is 1. The normalized spacial score (nSPS) is 11.9. The van der Waals surface area contributed by atoms with Crippen LogP contribution in [0, 0.1) is 0 Å². The van der Waals surface area contributed by atoms with Crippen LogP contribution in [0.5, 0.6) is 0 Å². The van der Waals surface area contributed by atoms with E-state index in [-0.39, 0.29) is 5.91 Å². The maximum atomic E-state index is 11.2. The van der Waals surface area contributed by atoms with Crippen molar-refractivity contribution in [3.8, 4) is 0 Å². The molecule has 14 heavy (non-hydrogen) atoms. The predicted molar refractivity (Wildman–Crippen MR) is 60.7 cm³/mol. The van der Waals surface area contributed by atoms with E-state index in [0.29, 0.717) is 5.75 Å². The van der Waals surface area contributed by atoms with E-state index in [0.717, 1.165) is 11.1 Å². The molecule has 6 heteroatoms. The van der Waals surface area contributed by atoms with Gasteiger partial charge in [-0.25, -0.2) is 4.79 Å². The van der Waals surface area contributed by atoms with Gasteiger partial charge in [-0.05, 0) is 0 Å². The minimum absolute atomic E-state index is 0.222. The molecule has 0 spiro atoms. The minimum Gasteiger partial charge on any atom is -0.467 e. The van der Waals surface area contributed by atoms with Crippen LogP contribution < -0.4 is 5.32 Å². The third-order valence-electron chi connectivity index (χ3n) is 1.37. The van der Waals surface area contributed by atoms with E-state index in [9.17, 15) is 9.59 Å². The van der Waals surface area contributed by atoms with Crippen LogP contribution in [0.4, 0.5) is 0 Å². The van der Waals surface area contributed by atoms with Crippen LogP contribution in [-0.4, -0.2) is 41.9 Å². The van der Waals surface area contributed by atoms with Crippen LogP contribution >= 0.6 is 27.7 Å². The zero-order valence-electron chi connectivity index (χ0n) is 8.21. The lowest BCUT2D eigenvalue weighted by Gasteiger charge is -2.14. The lowest BCUT2D eigenvalue weighted by molar-refractivity contribution is -0.144. The number of carbonyl (C=O) groups excluding carboxylic acids is 2. The molecule has 1 unspecified atom stereocenters. The summed E-state index contributed by atoms with van der Waals surface area (Å²) in [7, 11) is 1.31. The number of hydrogen-bond donors (Lipinski definition) is 1. The first kappa shape index (κ1) is 13.8. The number of esters is 1. The Labute approximate surface area is 96.3 Å². The first-order chi connectivity index (χ1) is 6.61. The van der Waals surface area contributed by atoms with Crippen molar-refractivity contribution in [3.05, 3.63) is 0 Å². The van der Waals surface area contributed by atoms with Crippen molar-refractivity contribution in [1.82, 2.24) is 5.32 Å². The highest BCUT2D eigenvalue weighted by molar-refractivity contribution is 9.09. The largest absolute Gasteiger partial charge is 0.467 e. The van der Waals surface area contributed by atoms with Crippen LogP contribution in [0.2, 0.25) is 0 Å². The molecule has 0 aromatic rings. The molecule has 1 atom stereocenters. The lowest BCUT2D eigenvalue weighted by Crippen LogP contribution is -2.42. The van der Waals surface area contributed by atoms with E-state index in [2.05, 4.69) is 26.0 Å². The topological polar surface area (TPSA) is 55.4 Å². The zero-order chi connectivity index (χ0) is 11.0. The summed E-state index contributed by atoms with van der Waals surface area (Å²) in [6.07, 6.45) is 0. The number of rotatable bonds is 6. The minimum atomic E-state index is -0.540. The Morgan fingerprint density at radius 2 is 2.21 bits per heavy atom. The Balaban J connectivity index is 3.97. The van der Waals surface area contributed by atoms with Crippen LogP contribution in [0.25, 0.3) is 0 Å². The molecule has 1 N–H and O–H groups in total. The van der Waals surface area contributed by atoms with Crippen molar-refractivity contribution in [3.63, 3.8) is 0 Å². The van der Waals surface area contributed by atoms with E-state index in [1.54, 1.807) is 11.8 Å². The zero-order valence-corrected chi connectivity index (χ0v) is 10.6. The molecule has 0 aromatic carbocycles. The highest BCUT2D eigenvalue weighted by atomic mass is 79.9. The number of methoxy groups -OCH3 is 1. The smallest absolute Gasteiger partial charge is 0.329 e. The number of halogens is 1. The molecule has 0 radical (unpaired) electrons.